The van der Waals surface area contributed by atoms with Crippen molar-refractivity contribution in [1.29, 1.82) is 0 Å². The molecule has 1 saturated heterocycles. The third-order valence-electron chi connectivity index (χ3n) is 4.20. The third kappa shape index (κ3) is 2.98. The number of ether oxygens (including phenoxy) is 1. The fourth-order valence-corrected chi connectivity index (χ4v) is 2.98. The number of hydrogen-bond acceptors (Lipinski definition) is 6. The molecule has 3 heterocycles. The minimum absolute atomic E-state index is 0.0971. The monoisotopic (exact) mass is 319 g/mol. The van der Waals surface area contributed by atoms with Gasteiger partial charge in [-0.3, -0.25) is 9.89 Å². The van der Waals surface area contributed by atoms with Gasteiger partial charge in [0, 0.05) is 20.2 Å². The molecule has 124 valence electrons. The van der Waals surface area contributed by atoms with E-state index in [0.29, 0.717) is 30.2 Å². The van der Waals surface area contributed by atoms with Crippen LogP contribution < -0.4 is 0 Å². The molecule has 0 saturated carbocycles. The minimum atomic E-state index is -0.111. The zero-order valence-electron chi connectivity index (χ0n) is 13.8. The minimum Gasteiger partial charge on any atom is -0.376 e. The number of likely N-dealkylation sites (N-methyl/N-ethyl adjacent to an activating group) is 1. The van der Waals surface area contributed by atoms with E-state index < -0.39 is 0 Å². The molecular weight excluding hydrogens is 298 g/mol. The van der Waals surface area contributed by atoms with Gasteiger partial charge in [-0.05, 0) is 27.2 Å². The van der Waals surface area contributed by atoms with Crippen molar-refractivity contribution in [2.75, 3.05) is 20.2 Å². The van der Waals surface area contributed by atoms with Crippen molar-refractivity contribution in [3.8, 4) is 0 Å². The lowest BCUT2D eigenvalue weighted by Gasteiger charge is -2.23. The predicted octanol–water partition coefficient (Wildman–Crippen LogP) is 1.36. The summed E-state index contributed by atoms with van der Waals surface area (Å²) in [6.07, 6.45) is 0.745. The third-order valence-corrected chi connectivity index (χ3v) is 4.20. The standard InChI is InChI=1S/C15H21N5O3/c1-8-13(9(2)23-19-8)15(21)20(4)7-12-11(5-6-22-12)14-16-10(3)17-18-14/h11-12H,5-7H2,1-4H3,(H,16,17,18)/t11-,12-/m1/s1. The van der Waals surface area contributed by atoms with Crippen LogP contribution in [0, 0.1) is 20.8 Å². The van der Waals surface area contributed by atoms with Gasteiger partial charge in [-0.25, -0.2) is 4.98 Å². The molecule has 0 bridgehead atoms. The smallest absolute Gasteiger partial charge is 0.259 e. The number of rotatable bonds is 4. The van der Waals surface area contributed by atoms with E-state index in [2.05, 4.69) is 20.3 Å². The Morgan fingerprint density at radius 3 is 2.78 bits per heavy atom. The van der Waals surface area contributed by atoms with Gasteiger partial charge in [0.1, 0.15) is 17.1 Å². The molecule has 8 heteroatoms. The molecule has 1 aliphatic heterocycles. The zero-order valence-corrected chi connectivity index (χ0v) is 13.8. The van der Waals surface area contributed by atoms with Gasteiger partial charge in [-0.15, -0.1) is 0 Å². The highest BCUT2D eigenvalue weighted by atomic mass is 16.5. The predicted molar refractivity (Wildman–Crippen MR) is 81.2 cm³/mol. The summed E-state index contributed by atoms with van der Waals surface area (Å²) in [4.78, 5) is 18.7. The fraction of sp³-hybridized carbons (Fsp3) is 0.600. The maximum atomic E-state index is 12.6. The Labute approximate surface area is 134 Å². The molecule has 23 heavy (non-hydrogen) atoms. The van der Waals surface area contributed by atoms with Crippen LogP contribution >= 0.6 is 0 Å². The number of hydrogen-bond donors (Lipinski definition) is 1. The molecule has 1 aliphatic rings. The molecule has 0 spiro atoms. The molecule has 0 aromatic carbocycles. The quantitative estimate of drug-likeness (QED) is 0.914. The van der Waals surface area contributed by atoms with Gasteiger partial charge in [0.2, 0.25) is 0 Å². The summed E-state index contributed by atoms with van der Waals surface area (Å²) in [5.74, 6) is 2.06. The average Bonchev–Trinajstić information content (AvgIpc) is 3.20. The molecule has 3 rings (SSSR count). The summed E-state index contributed by atoms with van der Waals surface area (Å²) in [6, 6.07) is 0. The van der Waals surface area contributed by atoms with Gasteiger partial charge in [-0.1, -0.05) is 5.16 Å². The highest BCUT2D eigenvalue weighted by molar-refractivity contribution is 5.95. The molecule has 2 aromatic rings. The summed E-state index contributed by atoms with van der Waals surface area (Å²) in [6.45, 7) is 6.50. The molecular formula is C15H21N5O3. The van der Waals surface area contributed by atoms with E-state index in [9.17, 15) is 4.79 Å². The van der Waals surface area contributed by atoms with E-state index in [1.807, 2.05) is 6.92 Å². The second kappa shape index (κ2) is 6.11. The van der Waals surface area contributed by atoms with Crippen molar-refractivity contribution >= 4 is 5.91 Å². The Bertz CT molecular complexity index is 688. The normalized spacial score (nSPS) is 20.9. The van der Waals surface area contributed by atoms with Gasteiger partial charge >= 0.3 is 0 Å². The van der Waals surface area contributed by atoms with Crippen LogP contribution in [0.25, 0.3) is 0 Å². The number of aryl methyl sites for hydroxylation is 3. The van der Waals surface area contributed by atoms with Crippen LogP contribution in [0.1, 0.15) is 45.8 Å². The number of amides is 1. The van der Waals surface area contributed by atoms with Crippen LogP contribution in [0.2, 0.25) is 0 Å². The summed E-state index contributed by atoms with van der Waals surface area (Å²) in [5.41, 5.74) is 1.13. The molecule has 0 unspecified atom stereocenters. The first kappa shape index (κ1) is 15.7. The molecule has 1 fully saturated rings. The van der Waals surface area contributed by atoms with Gasteiger partial charge in [-0.2, -0.15) is 5.10 Å². The molecule has 1 N–H and O–H groups in total. The number of carbonyl (C=O) groups is 1. The van der Waals surface area contributed by atoms with E-state index in [1.54, 1.807) is 25.8 Å². The van der Waals surface area contributed by atoms with Crippen molar-refractivity contribution in [2.45, 2.75) is 39.2 Å². The van der Waals surface area contributed by atoms with Crippen LogP contribution in [0.4, 0.5) is 0 Å². The lowest BCUT2D eigenvalue weighted by Crippen LogP contribution is -2.36. The Kier molecular flexibility index (Phi) is 4.16. The second-order valence-electron chi connectivity index (χ2n) is 5.97. The number of H-pyrrole nitrogens is 1. The average molecular weight is 319 g/mol. The van der Waals surface area contributed by atoms with Crippen LogP contribution in [0.3, 0.4) is 0 Å². The van der Waals surface area contributed by atoms with Crippen molar-refractivity contribution in [3.63, 3.8) is 0 Å². The molecule has 1 amide bonds. The van der Waals surface area contributed by atoms with E-state index >= 15 is 0 Å². The number of carbonyl (C=O) groups excluding carboxylic acids is 1. The summed E-state index contributed by atoms with van der Waals surface area (Å²) < 4.78 is 10.9. The number of nitrogens with zero attached hydrogens (tertiary/aromatic N) is 4. The zero-order chi connectivity index (χ0) is 16.6. The number of aromatic amines is 1. The number of nitrogens with one attached hydrogen (secondary N) is 1. The van der Waals surface area contributed by atoms with Crippen molar-refractivity contribution < 1.29 is 14.1 Å². The topological polar surface area (TPSA) is 97.1 Å². The fourth-order valence-electron chi connectivity index (χ4n) is 2.98. The maximum absolute atomic E-state index is 12.6. The number of aromatic nitrogens is 4. The Morgan fingerprint density at radius 2 is 2.17 bits per heavy atom. The first-order valence-electron chi connectivity index (χ1n) is 7.66. The highest BCUT2D eigenvalue weighted by Crippen LogP contribution is 2.30. The van der Waals surface area contributed by atoms with Crippen LogP contribution in [-0.2, 0) is 4.74 Å². The van der Waals surface area contributed by atoms with E-state index in [0.717, 1.165) is 18.1 Å². The first-order valence-corrected chi connectivity index (χ1v) is 7.66. The van der Waals surface area contributed by atoms with Gasteiger partial charge in [0.25, 0.3) is 5.91 Å². The van der Waals surface area contributed by atoms with Crippen LogP contribution in [-0.4, -0.2) is 57.4 Å². The SMILES string of the molecule is Cc1nc([C@@H]2CCO[C@@H]2CN(C)C(=O)c2c(C)noc2C)n[nH]1. The molecule has 0 radical (unpaired) electrons. The van der Waals surface area contributed by atoms with Gasteiger partial charge in [0.05, 0.1) is 17.7 Å². The van der Waals surface area contributed by atoms with Crippen LogP contribution in [0.15, 0.2) is 4.52 Å². The highest BCUT2D eigenvalue weighted by Gasteiger charge is 2.34. The van der Waals surface area contributed by atoms with Gasteiger partial charge in [0.15, 0.2) is 5.82 Å². The summed E-state index contributed by atoms with van der Waals surface area (Å²) >= 11 is 0. The second-order valence-corrected chi connectivity index (χ2v) is 5.97. The van der Waals surface area contributed by atoms with Crippen molar-refractivity contribution in [1.82, 2.24) is 25.2 Å². The van der Waals surface area contributed by atoms with Crippen LogP contribution in [0.5, 0.6) is 0 Å². The molecule has 2 atom stereocenters. The van der Waals surface area contributed by atoms with E-state index in [1.165, 1.54) is 0 Å². The summed E-state index contributed by atoms with van der Waals surface area (Å²) in [5, 5.41) is 10.9. The van der Waals surface area contributed by atoms with E-state index in [4.69, 9.17) is 9.26 Å². The lowest BCUT2D eigenvalue weighted by molar-refractivity contribution is 0.0548. The van der Waals surface area contributed by atoms with Crippen molar-refractivity contribution in [2.24, 2.45) is 0 Å². The Balaban J connectivity index is 1.72. The largest absolute Gasteiger partial charge is 0.376 e. The summed E-state index contributed by atoms with van der Waals surface area (Å²) in [7, 11) is 1.76. The molecule has 2 aromatic heterocycles. The molecule has 0 aliphatic carbocycles. The lowest BCUT2D eigenvalue weighted by atomic mass is 10.00. The first-order chi connectivity index (χ1) is 11.0. The van der Waals surface area contributed by atoms with Gasteiger partial charge < -0.3 is 14.2 Å². The molecule has 8 nitrogen and oxygen atoms in total. The van der Waals surface area contributed by atoms with E-state index in [-0.39, 0.29) is 17.9 Å². The Hall–Kier alpha value is -2.22. The maximum Gasteiger partial charge on any atom is 0.259 e. The Morgan fingerprint density at radius 1 is 1.39 bits per heavy atom. The van der Waals surface area contributed by atoms with Crippen molar-refractivity contribution in [3.05, 3.63) is 28.7 Å².